The van der Waals surface area contributed by atoms with E-state index in [1.54, 1.807) is 51.2 Å². The SMILES string of the molecule is CCSCc1cc2cc(c1)CSC[C@H](C)C(=O)N1CCC[C@H]1C(=O)N[C@@H](C(C)(C)C)C(=O)N[C@@H](CC(N)=O)C(=O)N[C@@H](CCCCNC(=N)N)C(=O)N1CCC[C@H]1C(=O)N[C@H](CC(=O)O)C(=O)N[C@H](C(N)=O)CSC2. The van der Waals surface area contributed by atoms with Gasteiger partial charge in [-0.3, -0.25) is 53.4 Å². The van der Waals surface area contributed by atoms with Crippen LogP contribution < -0.4 is 49.1 Å². The van der Waals surface area contributed by atoms with Crippen LogP contribution >= 0.6 is 35.3 Å². The lowest BCUT2D eigenvalue weighted by molar-refractivity contribution is -0.144. The summed E-state index contributed by atoms with van der Waals surface area (Å²) in [5.74, 6) is -6.27. The summed E-state index contributed by atoms with van der Waals surface area (Å²) in [6.07, 6.45) is 0.278. The topological polar surface area (TPSA) is 371 Å². The molecule has 0 aromatic heterocycles. The highest BCUT2D eigenvalue weighted by Gasteiger charge is 2.43. The monoisotopic (exact) mass is 1100 g/mol. The Morgan fingerprint density at radius 2 is 1.29 bits per heavy atom. The Morgan fingerprint density at radius 1 is 0.747 bits per heavy atom. The number of fused-ring (bicyclic) bond motifs is 4. The van der Waals surface area contributed by atoms with Crippen LogP contribution in [-0.2, 0) is 65.2 Å². The second-order valence-corrected chi connectivity index (χ2v) is 23.5. The maximum atomic E-state index is 14.5. The van der Waals surface area contributed by atoms with E-state index in [4.69, 9.17) is 22.6 Å². The highest BCUT2D eigenvalue weighted by atomic mass is 32.2. The zero-order valence-electron chi connectivity index (χ0n) is 43.5. The van der Waals surface area contributed by atoms with E-state index in [0.29, 0.717) is 49.5 Å². The summed E-state index contributed by atoms with van der Waals surface area (Å²) in [4.78, 5) is 139. The predicted molar refractivity (Wildman–Crippen MR) is 287 cm³/mol. The molecule has 2 bridgehead atoms. The van der Waals surface area contributed by atoms with Crippen LogP contribution in [0.25, 0.3) is 0 Å². The Balaban J connectivity index is 1.73. The molecule has 9 amide bonds. The number of thioether (sulfide) groups is 3. The molecule has 1 aromatic carbocycles. The molecular weight excluding hydrogens is 1030 g/mol. The lowest BCUT2D eigenvalue weighted by atomic mass is 9.85. The van der Waals surface area contributed by atoms with Crippen LogP contribution in [0.5, 0.6) is 0 Å². The zero-order chi connectivity index (χ0) is 55.6. The molecule has 3 aliphatic heterocycles. The highest BCUT2D eigenvalue weighted by molar-refractivity contribution is 7.99. The molecule has 3 heterocycles. The molecule has 1 aromatic rings. The van der Waals surface area contributed by atoms with Crippen molar-refractivity contribution in [2.75, 3.05) is 36.9 Å². The van der Waals surface area contributed by atoms with Gasteiger partial charge in [-0.05, 0) is 72.8 Å². The molecule has 4 rings (SSSR count). The number of nitrogens with one attached hydrogen (secondary N) is 7. The molecule has 0 aliphatic carbocycles. The molecule has 8 atom stereocenters. The van der Waals surface area contributed by atoms with Crippen LogP contribution in [0, 0.1) is 16.7 Å². The number of aliphatic carboxylic acids is 1. The lowest BCUT2D eigenvalue weighted by Crippen LogP contribution is -2.62. The standard InChI is InChI=1S/C49H76N12O11S3/c1-6-73-23-28-17-29-19-30(18-28)25-75-26-34(40(51)65)58-42(67)33(21-38(63)64)56-43(68)35-12-10-16-61(35)47(72)31(11-7-8-14-54-48(52)53)55-41(66)32(20-37(50)62)57-45(70)39(49(3,4)5)59-44(69)36-13-9-15-60(36)46(71)27(2)22-74-24-29/h17-19,27,31-36,39H,6-16,20-26H2,1-5H3,(H2,50,62)(H2,51,65)(H,55,66)(H,56,68)(H,57,70)(H,58,67)(H,59,69)(H,63,64)(H4,52,53,54)/t27-,31-,32-,33+,34-,35-,36-,39+/m0/s1. The van der Waals surface area contributed by atoms with E-state index in [0.717, 1.165) is 28.2 Å². The van der Waals surface area contributed by atoms with Crippen molar-refractivity contribution in [2.45, 2.75) is 152 Å². The molecule has 0 unspecified atom stereocenters. The van der Waals surface area contributed by atoms with Gasteiger partial charge >= 0.3 is 5.97 Å². The van der Waals surface area contributed by atoms with Crippen LogP contribution in [0.4, 0.5) is 0 Å². The van der Waals surface area contributed by atoms with E-state index < -0.39 is 120 Å². The maximum absolute atomic E-state index is 14.5. The van der Waals surface area contributed by atoms with Gasteiger partial charge in [0.25, 0.3) is 0 Å². The van der Waals surface area contributed by atoms with Crippen LogP contribution in [0.15, 0.2) is 18.2 Å². The lowest BCUT2D eigenvalue weighted by Gasteiger charge is -2.34. The summed E-state index contributed by atoms with van der Waals surface area (Å²) < 4.78 is 0. The third-order valence-corrected chi connectivity index (χ3v) is 16.2. The van der Waals surface area contributed by atoms with Crippen molar-refractivity contribution in [2.24, 2.45) is 28.5 Å². The summed E-state index contributed by atoms with van der Waals surface area (Å²) >= 11 is 4.62. The minimum Gasteiger partial charge on any atom is -0.481 e. The number of carbonyl (C=O) groups excluding carboxylic acids is 9. The largest absolute Gasteiger partial charge is 0.481 e. The van der Waals surface area contributed by atoms with Gasteiger partial charge in [0.15, 0.2) is 5.96 Å². The number of amides is 9. The molecule has 26 heteroatoms. The fraction of sp³-hybridized carbons (Fsp3) is 0.653. The second kappa shape index (κ2) is 29.5. The average Bonchev–Trinajstić information content (AvgIpc) is 4.04. The van der Waals surface area contributed by atoms with Gasteiger partial charge in [0.2, 0.25) is 53.2 Å². The van der Waals surface area contributed by atoms with Gasteiger partial charge in [-0.2, -0.15) is 35.3 Å². The minimum atomic E-state index is -1.70. The fourth-order valence-electron chi connectivity index (χ4n) is 9.04. The molecule has 75 heavy (non-hydrogen) atoms. The Bertz CT molecular complexity index is 2270. The van der Waals surface area contributed by atoms with E-state index in [9.17, 15) is 53.1 Å². The van der Waals surface area contributed by atoms with E-state index in [1.807, 2.05) is 6.07 Å². The molecule has 0 radical (unpaired) electrons. The molecule has 14 N–H and O–H groups in total. The molecular formula is C49H76N12O11S3. The van der Waals surface area contributed by atoms with Crippen molar-refractivity contribution < 1.29 is 53.1 Å². The highest BCUT2D eigenvalue weighted by Crippen LogP contribution is 2.28. The Labute approximate surface area is 450 Å². The number of nitrogens with zero attached hydrogens (tertiary/aromatic N) is 2. The predicted octanol–water partition coefficient (Wildman–Crippen LogP) is -0.00333. The number of nitrogens with two attached hydrogens (primary N) is 3. The zero-order valence-corrected chi connectivity index (χ0v) is 45.9. The Morgan fingerprint density at radius 3 is 1.85 bits per heavy atom. The van der Waals surface area contributed by atoms with E-state index >= 15 is 0 Å². The first-order chi connectivity index (χ1) is 35.4. The molecule has 3 aliphatic rings. The summed E-state index contributed by atoms with van der Waals surface area (Å²) in [7, 11) is 0. The fourth-order valence-corrected chi connectivity index (χ4v) is 11.7. The molecule has 416 valence electrons. The van der Waals surface area contributed by atoms with Crippen molar-refractivity contribution in [3.63, 3.8) is 0 Å². The van der Waals surface area contributed by atoms with E-state index in [-0.39, 0.29) is 50.0 Å². The number of guanidine groups is 1. The summed E-state index contributed by atoms with van der Waals surface area (Å²) in [6.45, 7) is 9.52. The molecule has 2 fully saturated rings. The average molecular weight is 1110 g/mol. The van der Waals surface area contributed by atoms with Gasteiger partial charge in [0.1, 0.15) is 42.3 Å². The number of carbonyl (C=O) groups is 10. The molecule has 0 saturated carbocycles. The number of benzene rings is 1. The van der Waals surface area contributed by atoms with Crippen LogP contribution in [0.3, 0.4) is 0 Å². The van der Waals surface area contributed by atoms with E-state index in [2.05, 4.69) is 51.0 Å². The van der Waals surface area contributed by atoms with Crippen molar-refractivity contribution in [1.29, 1.82) is 5.41 Å². The summed E-state index contributed by atoms with van der Waals surface area (Å²) in [5.41, 5.74) is 18.8. The maximum Gasteiger partial charge on any atom is 0.305 e. The summed E-state index contributed by atoms with van der Waals surface area (Å²) in [5, 5.41) is 32.9. The third-order valence-electron chi connectivity index (χ3n) is 12.8. The normalized spacial score (nSPS) is 25.5. The molecule has 0 spiro atoms. The molecule has 23 nitrogen and oxygen atoms in total. The van der Waals surface area contributed by atoms with Crippen LogP contribution in [0.2, 0.25) is 0 Å². The Hall–Kier alpha value is -5.76. The quantitative estimate of drug-likeness (QED) is 0.0703. The van der Waals surface area contributed by atoms with Gasteiger partial charge in [0.05, 0.1) is 12.8 Å². The third kappa shape index (κ3) is 19.4. The number of hydrogen-bond acceptors (Lipinski definition) is 14. The van der Waals surface area contributed by atoms with Crippen molar-refractivity contribution in [1.82, 2.24) is 41.7 Å². The van der Waals surface area contributed by atoms with Crippen LogP contribution in [0.1, 0.15) is 109 Å². The summed E-state index contributed by atoms with van der Waals surface area (Å²) in [6, 6.07) is -3.22. The van der Waals surface area contributed by atoms with Gasteiger partial charge in [0, 0.05) is 54.3 Å². The number of primary amides is 2. The van der Waals surface area contributed by atoms with Crippen LogP contribution in [-0.4, -0.2) is 159 Å². The number of hydrogen-bond donors (Lipinski definition) is 11. The van der Waals surface area contributed by atoms with Crippen molar-refractivity contribution in [3.8, 4) is 0 Å². The molecule has 2 saturated heterocycles. The van der Waals surface area contributed by atoms with Gasteiger partial charge in [-0.25, -0.2) is 0 Å². The number of unbranched alkanes of at least 4 members (excludes halogenated alkanes) is 1. The number of carboxylic acids is 1. The minimum absolute atomic E-state index is 0.00560. The Kier molecular flexibility index (Phi) is 24.3. The van der Waals surface area contributed by atoms with Crippen molar-refractivity contribution >= 4 is 100 Å². The first-order valence-electron chi connectivity index (χ1n) is 25.2. The smallest absolute Gasteiger partial charge is 0.305 e. The van der Waals surface area contributed by atoms with Gasteiger partial charge in [-0.15, -0.1) is 0 Å². The first-order valence-corrected chi connectivity index (χ1v) is 28.7. The second-order valence-electron chi connectivity index (χ2n) is 20.2. The van der Waals surface area contributed by atoms with Crippen molar-refractivity contribution in [3.05, 3.63) is 34.9 Å². The van der Waals surface area contributed by atoms with E-state index in [1.165, 1.54) is 21.6 Å². The van der Waals surface area contributed by atoms with Gasteiger partial charge in [-0.1, -0.05) is 52.8 Å². The first kappa shape index (κ1) is 61.8. The number of rotatable bonds is 13. The van der Waals surface area contributed by atoms with Gasteiger partial charge < -0.3 is 64.0 Å². The number of carboxylic acid groups (broad SMARTS) is 1.